The Morgan fingerprint density at radius 1 is 1.38 bits per heavy atom. The van der Waals surface area contributed by atoms with Gasteiger partial charge in [0.15, 0.2) is 0 Å². The molecule has 0 bridgehead atoms. The fourth-order valence-electron chi connectivity index (χ4n) is 1.29. The van der Waals surface area contributed by atoms with Crippen LogP contribution >= 0.6 is 0 Å². The zero-order valence-corrected chi connectivity index (χ0v) is 8.66. The van der Waals surface area contributed by atoms with Crippen LogP contribution in [-0.2, 0) is 9.47 Å². The third kappa shape index (κ3) is 2.88. The lowest BCUT2D eigenvalue weighted by molar-refractivity contribution is -0.116. The molecule has 0 saturated carbocycles. The van der Waals surface area contributed by atoms with Crippen molar-refractivity contribution in [1.29, 1.82) is 0 Å². The SMILES string of the molecule is COC(=O)N1CC(OC(C)(C)C)C1. The van der Waals surface area contributed by atoms with Gasteiger partial charge in [0.25, 0.3) is 0 Å². The number of ether oxygens (including phenoxy) is 2. The van der Waals surface area contributed by atoms with Gasteiger partial charge in [-0.2, -0.15) is 0 Å². The molecule has 0 aromatic heterocycles. The van der Waals surface area contributed by atoms with Crippen LogP contribution in [0.1, 0.15) is 20.8 Å². The Bertz CT molecular complexity index is 192. The maximum Gasteiger partial charge on any atom is 0.409 e. The molecule has 4 nitrogen and oxygen atoms in total. The lowest BCUT2D eigenvalue weighted by atomic mass is 10.1. The van der Waals surface area contributed by atoms with Gasteiger partial charge in [-0.05, 0) is 20.8 Å². The summed E-state index contributed by atoms with van der Waals surface area (Å²) in [6, 6.07) is 0. The third-order valence-corrected chi connectivity index (χ3v) is 1.80. The van der Waals surface area contributed by atoms with Crippen molar-refractivity contribution in [2.75, 3.05) is 20.2 Å². The van der Waals surface area contributed by atoms with Crippen molar-refractivity contribution in [3.05, 3.63) is 0 Å². The number of rotatable bonds is 1. The van der Waals surface area contributed by atoms with Crippen LogP contribution in [0.15, 0.2) is 0 Å². The molecule has 0 unspecified atom stereocenters. The number of hydrogen-bond donors (Lipinski definition) is 0. The van der Waals surface area contributed by atoms with Crippen LogP contribution < -0.4 is 0 Å². The second kappa shape index (κ2) is 3.54. The quantitative estimate of drug-likeness (QED) is 0.620. The topological polar surface area (TPSA) is 38.8 Å². The van der Waals surface area contributed by atoms with Crippen molar-refractivity contribution in [3.8, 4) is 0 Å². The lowest BCUT2D eigenvalue weighted by Gasteiger charge is -2.40. The van der Waals surface area contributed by atoms with Gasteiger partial charge >= 0.3 is 6.09 Å². The molecule has 0 aromatic rings. The Hall–Kier alpha value is -0.770. The Morgan fingerprint density at radius 3 is 2.31 bits per heavy atom. The highest BCUT2D eigenvalue weighted by Crippen LogP contribution is 2.19. The highest BCUT2D eigenvalue weighted by molar-refractivity contribution is 5.68. The summed E-state index contributed by atoms with van der Waals surface area (Å²) in [4.78, 5) is 12.6. The minimum Gasteiger partial charge on any atom is -0.453 e. The second-order valence-corrected chi connectivity index (χ2v) is 4.23. The molecular weight excluding hydrogens is 170 g/mol. The molecule has 1 amide bonds. The van der Waals surface area contributed by atoms with Crippen molar-refractivity contribution in [2.45, 2.75) is 32.5 Å². The van der Waals surface area contributed by atoms with E-state index < -0.39 is 0 Å². The van der Waals surface area contributed by atoms with E-state index in [4.69, 9.17) is 4.74 Å². The summed E-state index contributed by atoms with van der Waals surface area (Å²) in [5.41, 5.74) is -0.132. The average Bonchev–Trinajstić information content (AvgIpc) is 1.92. The number of carbonyl (C=O) groups is 1. The van der Waals surface area contributed by atoms with Crippen LogP contribution in [0, 0.1) is 0 Å². The standard InChI is InChI=1S/C9H17NO3/c1-9(2,3)13-7-5-10(6-7)8(11)12-4/h7H,5-6H2,1-4H3. The Balaban J connectivity index is 2.22. The zero-order chi connectivity index (χ0) is 10.1. The van der Waals surface area contributed by atoms with Gasteiger partial charge in [-0.3, -0.25) is 0 Å². The summed E-state index contributed by atoms with van der Waals surface area (Å²) in [6.45, 7) is 7.31. The Morgan fingerprint density at radius 2 is 1.92 bits per heavy atom. The second-order valence-electron chi connectivity index (χ2n) is 4.23. The molecule has 1 aliphatic rings. The maximum atomic E-state index is 11.0. The number of hydrogen-bond acceptors (Lipinski definition) is 3. The molecule has 1 saturated heterocycles. The van der Waals surface area contributed by atoms with Crippen molar-refractivity contribution >= 4 is 6.09 Å². The van der Waals surface area contributed by atoms with Crippen molar-refractivity contribution in [2.24, 2.45) is 0 Å². The number of methoxy groups -OCH3 is 1. The molecule has 1 fully saturated rings. The number of amides is 1. The predicted molar refractivity (Wildman–Crippen MR) is 48.6 cm³/mol. The minimum absolute atomic E-state index is 0.132. The van der Waals surface area contributed by atoms with E-state index in [0.29, 0.717) is 13.1 Å². The first kappa shape index (κ1) is 10.3. The first-order chi connectivity index (χ1) is 5.92. The summed E-state index contributed by atoms with van der Waals surface area (Å²) >= 11 is 0. The molecule has 1 rings (SSSR count). The van der Waals surface area contributed by atoms with E-state index in [1.807, 2.05) is 20.8 Å². The van der Waals surface area contributed by atoms with Crippen molar-refractivity contribution < 1.29 is 14.3 Å². The van der Waals surface area contributed by atoms with Gasteiger partial charge in [-0.15, -0.1) is 0 Å². The fraction of sp³-hybridized carbons (Fsp3) is 0.889. The van der Waals surface area contributed by atoms with E-state index in [2.05, 4.69) is 4.74 Å². The van der Waals surface area contributed by atoms with Gasteiger partial charge in [-0.25, -0.2) is 4.79 Å². The predicted octanol–water partition coefficient (Wildman–Crippen LogP) is 1.25. The Labute approximate surface area is 78.8 Å². The van der Waals surface area contributed by atoms with E-state index in [1.54, 1.807) is 4.90 Å². The van der Waals surface area contributed by atoms with E-state index >= 15 is 0 Å². The Kier molecular flexibility index (Phi) is 2.81. The molecule has 0 N–H and O–H groups in total. The van der Waals surface area contributed by atoms with Gasteiger partial charge in [0.2, 0.25) is 0 Å². The van der Waals surface area contributed by atoms with Gasteiger partial charge in [-0.1, -0.05) is 0 Å². The fourth-order valence-corrected chi connectivity index (χ4v) is 1.29. The van der Waals surface area contributed by atoms with Crippen LogP contribution in [0.25, 0.3) is 0 Å². The monoisotopic (exact) mass is 187 g/mol. The summed E-state index contributed by atoms with van der Waals surface area (Å²) in [7, 11) is 1.39. The number of nitrogens with zero attached hydrogens (tertiary/aromatic N) is 1. The molecule has 4 heteroatoms. The van der Waals surface area contributed by atoms with Gasteiger partial charge in [0.05, 0.1) is 31.9 Å². The van der Waals surface area contributed by atoms with Gasteiger partial charge in [0.1, 0.15) is 0 Å². The largest absolute Gasteiger partial charge is 0.453 e. The average molecular weight is 187 g/mol. The molecule has 0 spiro atoms. The van der Waals surface area contributed by atoms with Crippen LogP contribution in [0.2, 0.25) is 0 Å². The van der Waals surface area contributed by atoms with E-state index in [-0.39, 0.29) is 17.8 Å². The molecule has 0 radical (unpaired) electrons. The van der Waals surface area contributed by atoms with Crippen LogP contribution in [-0.4, -0.2) is 42.9 Å². The molecule has 1 heterocycles. The first-order valence-electron chi connectivity index (χ1n) is 4.43. The summed E-state index contributed by atoms with van der Waals surface area (Å²) in [5, 5.41) is 0. The normalized spacial score (nSPS) is 18.3. The molecule has 0 atom stereocenters. The zero-order valence-electron chi connectivity index (χ0n) is 8.66. The molecule has 13 heavy (non-hydrogen) atoms. The lowest BCUT2D eigenvalue weighted by Crippen LogP contribution is -2.56. The molecule has 76 valence electrons. The smallest absolute Gasteiger partial charge is 0.409 e. The maximum absolute atomic E-state index is 11.0. The summed E-state index contributed by atoms with van der Waals surface area (Å²) in [5.74, 6) is 0. The minimum atomic E-state index is -0.270. The third-order valence-electron chi connectivity index (χ3n) is 1.80. The van der Waals surface area contributed by atoms with Crippen LogP contribution in [0.4, 0.5) is 4.79 Å². The molecule has 0 aromatic carbocycles. The van der Waals surface area contributed by atoms with E-state index in [0.717, 1.165) is 0 Å². The highest BCUT2D eigenvalue weighted by atomic mass is 16.5. The summed E-state index contributed by atoms with van der Waals surface area (Å²) in [6.07, 6.45) is -0.104. The number of likely N-dealkylation sites (tertiary alicyclic amines) is 1. The molecule has 1 aliphatic heterocycles. The first-order valence-corrected chi connectivity index (χ1v) is 4.43. The van der Waals surface area contributed by atoms with Crippen molar-refractivity contribution in [3.63, 3.8) is 0 Å². The van der Waals surface area contributed by atoms with E-state index in [9.17, 15) is 4.79 Å². The van der Waals surface area contributed by atoms with Gasteiger partial charge in [0, 0.05) is 0 Å². The van der Waals surface area contributed by atoms with Crippen LogP contribution in [0.3, 0.4) is 0 Å². The molecular formula is C9H17NO3. The van der Waals surface area contributed by atoms with E-state index in [1.165, 1.54) is 7.11 Å². The van der Waals surface area contributed by atoms with Crippen molar-refractivity contribution in [1.82, 2.24) is 4.90 Å². The number of carbonyl (C=O) groups excluding carboxylic acids is 1. The van der Waals surface area contributed by atoms with Gasteiger partial charge < -0.3 is 14.4 Å². The highest BCUT2D eigenvalue weighted by Gasteiger charge is 2.34. The molecule has 0 aliphatic carbocycles. The van der Waals surface area contributed by atoms with Crippen LogP contribution in [0.5, 0.6) is 0 Å². The summed E-state index contributed by atoms with van der Waals surface area (Å²) < 4.78 is 10.2.